The fourth-order valence-corrected chi connectivity index (χ4v) is 2.73. The number of carbonyl (C=O) groups is 1. The van der Waals surface area contributed by atoms with Crippen molar-refractivity contribution in [3.05, 3.63) is 54.6 Å². The van der Waals surface area contributed by atoms with Gasteiger partial charge in [0.05, 0.1) is 11.2 Å². The molecule has 0 radical (unpaired) electrons. The molecule has 3 aromatic rings. The molecular formula is C20H22N4O. The highest BCUT2D eigenvalue weighted by Crippen LogP contribution is 2.27. The maximum absolute atomic E-state index is 11.0. The van der Waals surface area contributed by atoms with Crippen molar-refractivity contribution in [2.75, 3.05) is 25.0 Å². The lowest BCUT2D eigenvalue weighted by atomic mass is 10.1. The number of anilines is 1. The van der Waals surface area contributed by atoms with Gasteiger partial charge in [0.15, 0.2) is 0 Å². The van der Waals surface area contributed by atoms with Crippen molar-refractivity contribution in [3.8, 4) is 11.3 Å². The molecule has 0 unspecified atom stereocenters. The van der Waals surface area contributed by atoms with Gasteiger partial charge in [-0.1, -0.05) is 48.5 Å². The Morgan fingerprint density at radius 1 is 1.04 bits per heavy atom. The summed E-state index contributed by atoms with van der Waals surface area (Å²) < 4.78 is 0. The summed E-state index contributed by atoms with van der Waals surface area (Å²) in [7, 11) is 1.98. The zero-order valence-electron chi connectivity index (χ0n) is 14.6. The summed E-state index contributed by atoms with van der Waals surface area (Å²) in [6.07, 6.45) is 0.840. The van der Waals surface area contributed by atoms with Gasteiger partial charge < -0.3 is 10.2 Å². The molecule has 3 rings (SSSR count). The van der Waals surface area contributed by atoms with Crippen molar-refractivity contribution in [1.29, 1.82) is 0 Å². The van der Waals surface area contributed by atoms with Crippen LogP contribution in [0.4, 0.5) is 5.95 Å². The molecule has 0 saturated carbocycles. The third-order valence-corrected chi connectivity index (χ3v) is 4.02. The Labute approximate surface area is 147 Å². The quantitative estimate of drug-likeness (QED) is 0.703. The molecule has 0 bridgehead atoms. The van der Waals surface area contributed by atoms with Gasteiger partial charge in [-0.15, -0.1) is 0 Å². The third kappa shape index (κ3) is 4.12. The van der Waals surface area contributed by atoms with Gasteiger partial charge in [0.2, 0.25) is 11.9 Å². The monoisotopic (exact) mass is 334 g/mol. The topological polar surface area (TPSA) is 58.1 Å². The first-order chi connectivity index (χ1) is 12.1. The van der Waals surface area contributed by atoms with Crippen LogP contribution in [-0.2, 0) is 4.79 Å². The van der Waals surface area contributed by atoms with Crippen LogP contribution in [0.1, 0.15) is 13.3 Å². The molecule has 128 valence electrons. The second-order valence-electron chi connectivity index (χ2n) is 6.01. The lowest BCUT2D eigenvalue weighted by Gasteiger charge is -2.19. The molecule has 5 nitrogen and oxygen atoms in total. The van der Waals surface area contributed by atoms with E-state index in [1.807, 2.05) is 48.3 Å². The van der Waals surface area contributed by atoms with Crippen LogP contribution in [0.3, 0.4) is 0 Å². The number of hydrogen-bond acceptors (Lipinski definition) is 4. The minimum absolute atomic E-state index is 0.00373. The number of nitrogens with one attached hydrogen (secondary N) is 1. The average Bonchev–Trinajstić information content (AvgIpc) is 2.64. The number of amides is 1. The second-order valence-corrected chi connectivity index (χ2v) is 6.01. The summed E-state index contributed by atoms with van der Waals surface area (Å²) >= 11 is 0. The molecule has 2 aromatic carbocycles. The van der Waals surface area contributed by atoms with Gasteiger partial charge in [0.1, 0.15) is 0 Å². The highest BCUT2D eigenvalue weighted by Gasteiger charge is 2.12. The van der Waals surface area contributed by atoms with E-state index in [9.17, 15) is 4.79 Å². The Balaban J connectivity index is 1.90. The SMILES string of the molecule is CC(=O)NCCCN(C)c1nc(-c2ccccc2)c2ccccc2n1. The molecule has 0 aliphatic heterocycles. The standard InChI is InChI=1S/C20H22N4O/c1-15(25)21-13-8-14-24(2)20-22-18-12-7-6-11-17(18)19(23-20)16-9-4-3-5-10-16/h3-7,9-12H,8,13-14H2,1-2H3,(H,21,25). The van der Waals surface area contributed by atoms with Crippen LogP contribution in [0.5, 0.6) is 0 Å². The van der Waals surface area contributed by atoms with Crippen molar-refractivity contribution in [1.82, 2.24) is 15.3 Å². The third-order valence-electron chi connectivity index (χ3n) is 4.02. The minimum Gasteiger partial charge on any atom is -0.356 e. The number of carbonyl (C=O) groups excluding carboxylic acids is 1. The van der Waals surface area contributed by atoms with Gasteiger partial charge in [-0.05, 0) is 12.5 Å². The van der Waals surface area contributed by atoms with Crippen LogP contribution in [0.2, 0.25) is 0 Å². The van der Waals surface area contributed by atoms with Gasteiger partial charge in [0, 0.05) is 38.0 Å². The largest absolute Gasteiger partial charge is 0.356 e. The number of rotatable bonds is 6. The number of nitrogens with zero attached hydrogens (tertiary/aromatic N) is 3. The van der Waals surface area contributed by atoms with E-state index in [-0.39, 0.29) is 5.91 Å². The molecule has 0 spiro atoms. The van der Waals surface area contributed by atoms with E-state index in [4.69, 9.17) is 9.97 Å². The van der Waals surface area contributed by atoms with E-state index >= 15 is 0 Å². The smallest absolute Gasteiger partial charge is 0.226 e. The summed E-state index contributed by atoms with van der Waals surface area (Å²) in [5.74, 6) is 0.691. The van der Waals surface area contributed by atoms with E-state index in [0.29, 0.717) is 12.5 Å². The molecule has 1 heterocycles. The number of aromatic nitrogens is 2. The maximum atomic E-state index is 11.0. The van der Waals surface area contributed by atoms with Crippen LogP contribution in [0.15, 0.2) is 54.6 Å². The number of hydrogen-bond donors (Lipinski definition) is 1. The zero-order chi connectivity index (χ0) is 17.6. The highest BCUT2D eigenvalue weighted by atomic mass is 16.1. The van der Waals surface area contributed by atoms with E-state index in [1.165, 1.54) is 6.92 Å². The van der Waals surface area contributed by atoms with Gasteiger partial charge in [0.25, 0.3) is 0 Å². The van der Waals surface area contributed by atoms with Crippen LogP contribution in [0.25, 0.3) is 22.2 Å². The Hall–Kier alpha value is -2.95. The van der Waals surface area contributed by atoms with Gasteiger partial charge in [-0.3, -0.25) is 4.79 Å². The molecular weight excluding hydrogens is 312 g/mol. The molecule has 25 heavy (non-hydrogen) atoms. The average molecular weight is 334 g/mol. The summed E-state index contributed by atoms with van der Waals surface area (Å²) in [6.45, 7) is 2.95. The first kappa shape index (κ1) is 16.9. The van der Waals surface area contributed by atoms with Gasteiger partial charge in [-0.25, -0.2) is 9.97 Å². The van der Waals surface area contributed by atoms with Crippen molar-refractivity contribution in [2.45, 2.75) is 13.3 Å². The fourth-order valence-electron chi connectivity index (χ4n) is 2.73. The predicted molar refractivity (Wildman–Crippen MR) is 102 cm³/mol. The fraction of sp³-hybridized carbons (Fsp3) is 0.250. The Morgan fingerprint density at radius 2 is 1.76 bits per heavy atom. The summed E-state index contributed by atoms with van der Waals surface area (Å²) in [4.78, 5) is 22.5. The molecule has 0 fully saturated rings. The Morgan fingerprint density at radius 3 is 2.52 bits per heavy atom. The molecule has 0 aliphatic rings. The predicted octanol–water partition coefficient (Wildman–Crippen LogP) is 3.26. The van der Waals surface area contributed by atoms with Gasteiger partial charge >= 0.3 is 0 Å². The number of fused-ring (bicyclic) bond motifs is 1. The zero-order valence-corrected chi connectivity index (χ0v) is 14.6. The van der Waals surface area contributed by atoms with Crippen LogP contribution >= 0.6 is 0 Å². The first-order valence-electron chi connectivity index (χ1n) is 8.43. The number of para-hydroxylation sites is 1. The van der Waals surface area contributed by atoms with Crippen molar-refractivity contribution in [3.63, 3.8) is 0 Å². The summed E-state index contributed by atoms with van der Waals surface area (Å²) in [6, 6.07) is 18.2. The maximum Gasteiger partial charge on any atom is 0.226 e. The lowest BCUT2D eigenvalue weighted by molar-refractivity contribution is -0.118. The Bertz CT molecular complexity index is 864. The Kier molecular flexibility index (Phi) is 5.23. The highest BCUT2D eigenvalue weighted by molar-refractivity contribution is 5.93. The summed E-state index contributed by atoms with van der Waals surface area (Å²) in [5.41, 5.74) is 2.95. The second kappa shape index (κ2) is 7.75. The van der Waals surface area contributed by atoms with Gasteiger partial charge in [-0.2, -0.15) is 0 Å². The van der Waals surface area contributed by atoms with Crippen molar-refractivity contribution < 1.29 is 4.79 Å². The van der Waals surface area contributed by atoms with Crippen molar-refractivity contribution >= 4 is 22.8 Å². The molecule has 5 heteroatoms. The van der Waals surface area contributed by atoms with E-state index in [2.05, 4.69) is 23.5 Å². The van der Waals surface area contributed by atoms with E-state index < -0.39 is 0 Å². The lowest BCUT2D eigenvalue weighted by Crippen LogP contribution is -2.27. The molecule has 0 atom stereocenters. The molecule has 1 N–H and O–H groups in total. The summed E-state index contributed by atoms with van der Waals surface area (Å²) in [5, 5.41) is 3.86. The van der Waals surface area contributed by atoms with Crippen LogP contribution < -0.4 is 10.2 Å². The first-order valence-corrected chi connectivity index (χ1v) is 8.43. The normalized spacial score (nSPS) is 10.6. The molecule has 0 aliphatic carbocycles. The van der Waals surface area contributed by atoms with E-state index in [1.54, 1.807) is 0 Å². The van der Waals surface area contributed by atoms with E-state index in [0.717, 1.165) is 35.1 Å². The number of benzene rings is 2. The van der Waals surface area contributed by atoms with Crippen LogP contribution in [0, 0.1) is 0 Å². The molecule has 1 amide bonds. The van der Waals surface area contributed by atoms with Crippen molar-refractivity contribution in [2.24, 2.45) is 0 Å². The molecule has 1 aromatic heterocycles. The van der Waals surface area contributed by atoms with Crippen LogP contribution in [-0.4, -0.2) is 36.0 Å². The molecule has 0 saturated heterocycles. The minimum atomic E-state index is -0.00373.